The molecular weight excluding hydrogens is 356 g/mol. The maximum atomic E-state index is 11.4. The number of nitrogens with zero attached hydrogens (tertiary/aromatic N) is 4. The Kier molecular flexibility index (Phi) is 5.40. The van der Waals surface area contributed by atoms with Crippen LogP contribution in [0.15, 0.2) is 0 Å². The molecule has 7 nitrogen and oxygen atoms in total. The van der Waals surface area contributed by atoms with E-state index in [0.29, 0.717) is 44.3 Å². The van der Waals surface area contributed by atoms with E-state index < -0.39 is 6.09 Å². The number of nitriles is 1. The molecule has 4 rings (SSSR count). The zero-order valence-corrected chi connectivity index (χ0v) is 16.5. The number of carbonyl (C=O) groups is 1. The highest BCUT2D eigenvalue weighted by Gasteiger charge is 2.33. The van der Waals surface area contributed by atoms with Crippen molar-refractivity contribution in [3.05, 3.63) is 22.4 Å². The Morgan fingerprint density at radius 1 is 1.25 bits per heavy atom. The smallest absolute Gasteiger partial charge is 0.407 e. The largest absolute Gasteiger partial charge is 0.465 e. The van der Waals surface area contributed by atoms with Gasteiger partial charge in [-0.05, 0) is 31.7 Å². The fourth-order valence-corrected chi connectivity index (χ4v) is 4.96. The molecule has 1 N–H and O–H groups in total. The van der Waals surface area contributed by atoms with E-state index in [1.165, 1.54) is 24.2 Å². The van der Waals surface area contributed by atoms with Crippen LogP contribution in [0.2, 0.25) is 0 Å². The average Bonchev–Trinajstić information content (AvgIpc) is 2.72. The van der Waals surface area contributed by atoms with Crippen LogP contribution in [0.4, 0.5) is 10.6 Å². The third kappa shape index (κ3) is 3.42. The highest BCUT2D eigenvalue weighted by Crippen LogP contribution is 2.39. The molecule has 2 fully saturated rings. The van der Waals surface area contributed by atoms with Crippen molar-refractivity contribution in [3.63, 3.8) is 0 Å². The van der Waals surface area contributed by atoms with E-state index in [2.05, 4.69) is 11.0 Å². The van der Waals surface area contributed by atoms with E-state index >= 15 is 0 Å². The fraction of sp³-hybridized carbons (Fsp3) is 0.667. The van der Waals surface area contributed by atoms with Crippen LogP contribution in [0.1, 0.15) is 67.3 Å². The quantitative estimate of drug-likeness (QED) is 0.842. The van der Waals surface area contributed by atoms with Crippen LogP contribution in [0.25, 0.3) is 0 Å². The number of pyridine rings is 1. The number of rotatable bonds is 2. The molecule has 1 aromatic rings. The molecule has 2 aliphatic heterocycles. The van der Waals surface area contributed by atoms with Crippen LogP contribution in [0, 0.1) is 11.3 Å². The first-order valence-electron chi connectivity index (χ1n) is 10.4. The lowest BCUT2D eigenvalue weighted by molar-refractivity contribution is 0.109. The van der Waals surface area contributed by atoms with Crippen LogP contribution in [0.3, 0.4) is 0 Å². The molecule has 150 valence electrons. The van der Waals surface area contributed by atoms with Crippen molar-refractivity contribution in [3.8, 4) is 6.07 Å². The van der Waals surface area contributed by atoms with Crippen molar-refractivity contribution in [2.75, 3.05) is 31.1 Å². The zero-order valence-electron chi connectivity index (χ0n) is 16.5. The first-order valence-corrected chi connectivity index (χ1v) is 10.4. The predicted octanol–water partition coefficient (Wildman–Crippen LogP) is 3.26. The summed E-state index contributed by atoms with van der Waals surface area (Å²) >= 11 is 0. The number of amides is 1. The van der Waals surface area contributed by atoms with Crippen LogP contribution >= 0.6 is 0 Å². The molecule has 1 aliphatic carbocycles. The molecule has 1 aromatic heterocycles. The van der Waals surface area contributed by atoms with Crippen LogP contribution < -0.4 is 4.90 Å². The first kappa shape index (κ1) is 19.0. The molecule has 0 bridgehead atoms. The lowest BCUT2D eigenvalue weighted by Gasteiger charge is -2.40. The summed E-state index contributed by atoms with van der Waals surface area (Å²) in [5.74, 6) is 1.19. The van der Waals surface area contributed by atoms with Gasteiger partial charge in [0.1, 0.15) is 11.9 Å². The maximum Gasteiger partial charge on any atom is 0.407 e. The third-order valence-corrected chi connectivity index (χ3v) is 6.44. The number of hydrogen-bond acceptors (Lipinski definition) is 5. The molecule has 0 radical (unpaired) electrons. The van der Waals surface area contributed by atoms with Gasteiger partial charge in [-0.15, -0.1) is 0 Å². The molecule has 1 saturated carbocycles. The second-order valence-corrected chi connectivity index (χ2v) is 8.17. The molecular formula is C21H28N4O3. The minimum absolute atomic E-state index is 0.128. The number of aromatic nitrogens is 1. The Morgan fingerprint density at radius 2 is 2.04 bits per heavy atom. The van der Waals surface area contributed by atoms with Gasteiger partial charge in [-0.1, -0.05) is 19.3 Å². The summed E-state index contributed by atoms with van der Waals surface area (Å²) in [6, 6.07) is 2.28. The Bertz CT molecular complexity index is 798. The van der Waals surface area contributed by atoms with E-state index in [9.17, 15) is 15.2 Å². The Labute approximate surface area is 165 Å². The molecule has 1 atom stereocenters. The SMILES string of the molecule is CC1CN(c2nc(C3CCCCC3)c3c(c2C#N)CCOC3)CCN1C(=O)O. The fourth-order valence-electron chi connectivity index (χ4n) is 4.96. The van der Waals surface area contributed by atoms with Gasteiger partial charge in [-0.3, -0.25) is 0 Å². The summed E-state index contributed by atoms with van der Waals surface area (Å²) < 4.78 is 5.73. The lowest BCUT2D eigenvalue weighted by Crippen LogP contribution is -2.54. The summed E-state index contributed by atoms with van der Waals surface area (Å²) in [5, 5.41) is 19.3. The first-order chi connectivity index (χ1) is 13.6. The van der Waals surface area contributed by atoms with Crippen molar-refractivity contribution in [2.45, 2.75) is 64.0 Å². The predicted molar refractivity (Wildman–Crippen MR) is 105 cm³/mol. The normalized spacial score (nSPS) is 23.2. The average molecular weight is 384 g/mol. The second-order valence-electron chi connectivity index (χ2n) is 8.17. The van der Waals surface area contributed by atoms with Crippen LogP contribution in [-0.2, 0) is 17.8 Å². The van der Waals surface area contributed by atoms with E-state index in [1.807, 2.05) is 6.92 Å². The van der Waals surface area contributed by atoms with Crippen LogP contribution in [-0.4, -0.2) is 53.4 Å². The van der Waals surface area contributed by atoms with Gasteiger partial charge in [0, 0.05) is 37.2 Å². The van der Waals surface area contributed by atoms with E-state index in [-0.39, 0.29) is 6.04 Å². The second kappa shape index (κ2) is 7.96. The topological polar surface area (TPSA) is 89.7 Å². The number of ether oxygens (including phenoxy) is 1. The molecule has 1 unspecified atom stereocenters. The van der Waals surface area contributed by atoms with Gasteiger partial charge in [-0.2, -0.15) is 5.26 Å². The summed E-state index contributed by atoms with van der Waals surface area (Å²) in [6.07, 6.45) is 5.90. The number of fused-ring (bicyclic) bond motifs is 1. The van der Waals surface area contributed by atoms with Gasteiger partial charge < -0.3 is 19.6 Å². The number of carboxylic acid groups (broad SMARTS) is 1. The zero-order chi connectivity index (χ0) is 19.7. The van der Waals surface area contributed by atoms with E-state index in [1.54, 1.807) is 0 Å². The summed E-state index contributed by atoms with van der Waals surface area (Å²) in [4.78, 5) is 20.1. The van der Waals surface area contributed by atoms with Crippen molar-refractivity contribution in [1.29, 1.82) is 5.26 Å². The molecule has 3 aliphatic rings. The number of piperazine rings is 1. The Hall–Kier alpha value is -2.33. The van der Waals surface area contributed by atoms with Gasteiger partial charge in [0.05, 0.1) is 24.5 Å². The summed E-state index contributed by atoms with van der Waals surface area (Å²) in [6.45, 7) is 4.67. The van der Waals surface area contributed by atoms with Crippen molar-refractivity contribution >= 4 is 11.9 Å². The molecule has 1 amide bonds. The van der Waals surface area contributed by atoms with E-state index in [4.69, 9.17) is 9.72 Å². The lowest BCUT2D eigenvalue weighted by atomic mass is 9.82. The summed E-state index contributed by atoms with van der Waals surface area (Å²) in [5.41, 5.74) is 4.02. The molecule has 0 aromatic carbocycles. The Morgan fingerprint density at radius 3 is 2.71 bits per heavy atom. The van der Waals surface area contributed by atoms with Gasteiger partial charge in [-0.25, -0.2) is 9.78 Å². The van der Waals surface area contributed by atoms with Crippen LogP contribution in [0.5, 0.6) is 0 Å². The Balaban J connectivity index is 1.74. The molecule has 1 saturated heterocycles. The van der Waals surface area contributed by atoms with E-state index in [0.717, 1.165) is 41.9 Å². The van der Waals surface area contributed by atoms with Crippen molar-refractivity contribution < 1.29 is 14.6 Å². The minimum atomic E-state index is -0.883. The van der Waals surface area contributed by atoms with Gasteiger partial charge in [0.25, 0.3) is 0 Å². The molecule has 7 heteroatoms. The van der Waals surface area contributed by atoms with Gasteiger partial charge in [0.2, 0.25) is 0 Å². The number of hydrogen-bond donors (Lipinski definition) is 1. The minimum Gasteiger partial charge on any atom is -0.465 e. The highest BCUT2D eigenvalue weighted by atomic mass is 16.5. The monoisotopic (exact) mass is 384 g/mol. The third-order valence-electron chi connectivity index (χ3n) is 6.44. The molecule has 3 heterocycles. The van der Waals surface area contributed by atoms with Gasteiger partial charge in [0.15, 0.2) is 0 Å². The maximum absolute atomic E-state index is 11.4. The summed E-state index contributed by atoms with van der Waals surface area (Å²) in [7, 11) is 0. The van der Waals surface area contributed by atoms with Gasteiger partial charge >= 0.3 is 6.09 Å². The number of anilines is 1. The standard InChI is InChI=1S/C21H28N4O3/c1-14-12-24(8-9-25(14)21(26)27)20-17(11-22)16-7-10-28-13-18(16)19(23-20)15-5-3-2-4-6-15/h14-15H,2-10,12-13H2,1H3,(H,26,27). The molecule has 0 spiro atoms. The van der Waals surface area contributed by atoms with Crippen molar-refractivity contribution in [2.24, 2.45) is 0 Å². The van der Waals surface area contributed by atoms with Crippen molar-refractivity contribution in [1.82, 2.24) is 9.88 Å². The highest BCUT2D eigenvalue weighted by molar-refractivity contribution is 5.67. The molecule has 28 heavy (non-hydrogen) atoms.